The highest BCUT2D eigenvalue weighted by Crippen LogP contribution is 2.39. The molecule has 0 saturated heterocycles. The zero-order chi connectivity index (χ0) is 15.7. The third-order valence-electron chi connectivity index (χ3n) is 4.21. The van der Waals surface area contributed by atoms with Crippen molar-refractivity contribution in [1.29, 1.82) is 0 Å². The van der Waals surface area contributed by atoms with Gasteiger partial charge in [-0.15, -0.1) is 0 Å². The summed E-state index contributed by atoms with van der Waals surface area (Å²) in [5, 5.41) is 3.69. The molecule has 3 rings (SSSR count). The van der Waals surface area contributed by atoms with Gasteiger partial charge in [-0.05, 0) is 33.8 Å². The lowest BCUT2D eigenvalue weighted by Crippen LogP contribution is -2.39. The molecule has 1 aliphatic rings. The number of hydrogen-bond acceptors (Lipinski definition) is 3. The van der Waals surface area contributed by atoms with Crippen molar-refractivity contribution in [3.05, 3.63) is 48.0 Å². The van der Waals surface area contributed by atoms with Crippen LogP contribution in [0.1, 0.15) is 57.5 Å². The molecule has 1 N–H and O–H groups in total. The summed E-state index contributed by atoms with van der Waals surface area (Å²) in [6.45, 7) is 9.47. The Kier molecular flexibility index (Phi) is 3.96. The Morgan fingerprint density at radius 2 is 2.14 bits per heavy atom. The molecule has 118 valence electrons. The van der Waals surface area contributed by atoms with E-state index >= 15 is 0 Å². The SMILES string of the molecule is CC(C)n1cncc1CNC1CC(C)(C)Oc2ccccc21. The quantitative estimate of drug-likeness (QED) is 0.932. The Labute approximate surface area is 132 Å². The number of para-hydroxylation sites is 1. The Hall–Kier alpha value is -1.81. The van der Waals surface area contributed by atoms with Crippen molar-refractivity contribution in [3.8, 4) is 5.75 Å². The number of ether oxygens (including phenoxy) is 1. The predicted molar refractivity (Wildman–Crippen MR) is 88.0 cm³/mol. The van der Waals surface area contributed by atoms with E-state index in [2.05, 4.69) is 60.8 Å². The summed E-state index contributed by atoms with van der Waals surface area (Å²) in [5.74, 6) is 0.994. The molecule has 4 nitrogen and oxygen atoms in total. The van der Waals surface area contributed by atoms with Crippen LogP contribution in [0.5, 0.6) is 5.75 Å². The van der Waals surface area contributed by atoms with Crippen LogP contribution in [0.4, 0.5) is 0 Å². The number of rotatable bonds is 4. The maximum atomic E-state index is 6.09. The number of imidazole rings is 1. The number of nitrogens with one attached hydrogen (secondary N) is 1. The van der Waals surface area contributed by atoms with Gasteiger partial charge in [-0.25, -0.2) is 4.98 Å². The lowest BCUT2D eigenvalue weighted by atomic mass is 9.89. The highest BCUT2D eigenvalue weighted by atomic mass is 16.5. The van der Waals surface area contributed by atoms with Gasteiger partial charge >= 0.3 is 0 Å². The lowest BCUT2D eigenvalue weighted by molar-refractivity contribution is 0.0656. The van der Waals surface area contributed by atoms with E-state index in [4.69, 9.17) is 4.74 Å². The first-order valence-electron chi connectivity index (χ1n) is 7.98. The summed E-state index contributed by atoms with van der Waals surface area (Å²) in [6.07, 6.45) is 4.81. The average molecular weight is 299 g/mol. The van der Waals surface area contributed by atoms with Crippen LogP contribution in [0, 0.1) is 0 Å². The fourth-order valence-corrected chi connectivity index (χ4v) is 3.15. The first-order chi connectivity index (χ1) is 10.5. The molecular formula is C18H25N3O. The maximum absolute atomic E-state index is 6.09. The molecular weight excluding hydrogens is 274 g/mol. The zero-order valence-electron chi connectivity index (χ0n) is 13.8. The lowest BCUT2D eigenvalue weighted by Gasteiger charge is -2.38. The highest BCUT2D eigenvalue weighted by Gasteiger charge is 2.33. The Balaban J connectivity index is 1.79. The summed E-state index contributed by atoms with van der Waals surface area (Å²) in [4.78, 5) is 4.28. The van der Waals surface area contributed by atoms with Gasteiger partial charge in [0, 0.05) is 36.8 Å². The molecule has 1 unspecified atom stereocenters. The molecule has 22 heavy (non-hydrogen) atoms. The molecule has 0 radical (unpaired) electrons. The summed E-state index contributed by atoms with van der Waals surface area (Å²) in [7, 11) is 0. The van der Waals surface area contributed by atoms with Crippen LogP contribution in [0.25, 0.3) is 0 Å². The van der Waals surface area contributed by atoms with Crippen LogP contribution >= 0.6 is 0 Å². The summed E-state index contributed by atoms with van der Waals surface area (Å²) in [6, 6.07) is 9.05. The van der Waals surface area contributed by atoms with Gasteiger partial charge < -0.3 is 14.6 Å². The molecule has 0 aliphatic carbocycles. The second-order valence-corrected chi connectivity index (χ2v) is 6.92. The number of aromatic nitrogens is 2. The van der Waals surface area contributed by atoms with E-state index in [1.807, 2.05) is 18.6 Å². The van der Waals surface area contributed by atoms with Crippen LogP contribution in [0.2, 0.25) is 0 Å². The van der Waals surface area contributed by atoms with Crippen molar-refractivity contribution in [2.75, 3.05) is 0 Å². The van der Waals surface area contributed by atoms with Crippen molar-refractivity contribution >= 4 is 0 Å². The van der Waals surface area contributed by atoms with Crippen molar-refractivity contribution < 1.29 is 4.74 Å². The van der Waals surface area contributed by atoms with Gasteiger partial charge in [-0.2, -0.15) is 0 Å². The molecule has 0 saturated carbocycles. The second-order valence-electron chi connectivity index (χ2n) is 6.92. The molecule has 1 aromatic carbocycles. The van der Waals surface area contributed by atoms with Crippen molar-refractivity contribution in [2.45, 2.75) is 58.3 Å². The van der Waals surface area contributed by atoms with Crippen LogP contribution < -0.4 is 10.1 Å². The van der Waals surface area contributed by atoms with Crippen LogP contribution in [0.3, 0.4) is 0 Å². The topological polar surface area (TPSA) is 39.1 Å². The third kappa shape index (κ3) is 3.02. The van der Waals surface area contributed by atoms with Crippen molar-refractivity contribution in [1.82, 2.24) is 14.9 Å². The fourth-order valence-electron chi connectivity index (χ4n) is 3.15. The van der Waals surface area contributed by atoms with Crippen LogP contribution in [0.15, 0.2) is 36.8 Å². The average Bonchev–Trinajstić information content (AvgIpc) is 2.92. The van der Waals surface area contributed by atoms with E-state index in [1.165, 1.54) is 11.3 Å². The van der Waals surface area contributed by atoms with E-state index in [-0.39, 0.29) is 5.60 Å². The Morgan fingerprint density at radius 1 is 1.36 bits per heavy atom. The fraction of sp³-hybridized carbons (Fsp3) is 0.500. The minimum atomic E-state index is -0.148. The first kappa shape index (κ1) is 15.1. The zero-order valence-corrected chi connectivity index (χ0v) is 13.8. The molecule has 1 aliphatic heterocycles. The molecule has 0 bridgehead atoms. The minimum Gasteiger partial charge on any atom is -0.487 e. The van der Waals surface area contributed by atoms with Gasteiger partial charge in [0.25, 0.3) is 0 Å². The third-order valence-corrected chi connectivity index (χ3v) is 4.21. The van der Waals surface area contributed by atoms with Gasteiger partial charge in [0.05, 0.1) is 12.0 Å². The Morgan fingerprint density at radius 3 is 2.91 bits per heavy atom. The molecule has 2 heterocycles. The van der Waals surface area contributed by atoms with E-state index in [0.29, 0.717) is 12.1 Å². The minimum absolute atomic E-state index is 0.148. The van der Waals surface area contributed by atoms with Crippen molar-refractivity contribution in [3.63, 3.8) is 0 Å². The van der Waals surface area contributed by atoms with Crippen LogP contribution in [-0.2, 0) is 6.54 Å². The summed E-state index contributed by atoms with van der Waals surface area (Å²) in [5.41, 5.74) is 2.32. The van der Waals surface area contributed by atoms with Crippen LogP contribution in [-0.4, -0.2) is 15.2 Å². The maximum Gasteiger partial charge on any atom is 0.124 e. The molecule has 0 fully saturated rings. The van der Waals surface area contributed by atoms with E-state index in [9.17, 15) is 0 Å². The van der Waals surface area contributed by atoms with Gasteiger partial charge in [0.15, 0.2) is 0 Å². The largest absolute Gasteiger partial charge is 0.487 e. The summed E-state index contributed by atoms with van der Waals surface area (Å²) >= 11 is 0. The van der Waals surface area contributed by atoms with E-state index < -0.39 is 0 Å². The molecule has 0 spiro atoms. The summed E-state index contributed by atoms with van der Waals surface area (Å²) < 4.78 is 8.30. The monoisotopic (exact) mass is 299 g/mol. The number of nitrogens with zero attached hydrogens (tertiary/aromatic N) is 2. The molecule has 0 amide bonds. The van der Waals surface area contributed by atoms with Gasteiger partial charge in [0.2, 0.25) is 0 Å². The molecule has 1 atom stereocenters. The smallest absolute Gasteiger partial charge is 0.124 e. The predicted octanol–water partition coefficient (Wildman–Crippen LogP) is 3.86. The first-order valence-corrected chi connectivity index (χ1v) is 7.98. The van der Waals surface area contributed by atoms with E-state index in [0.717, 1.165) is 18.7 Å². The number of fused-ring (bicyclic) bond motifs is 1. The number of benzene rings is 1. The molecule has 2 aromatic rings. The Bertz CT molecular complexity index is 645. The van der Waals surface area contributed by atoms with Gasteiger partial charge in [-0.1, -0.05) is 18.2 Å². The number of hydrogen-bond donors (Lipinski definition) is 1. The van der Waals surface area contributed by atoms with Gasteiger partial charge in [-0.3, -0.25) is 0 Å². The molecule has 1 aromatic heterocycles. The highest BCUT2D eigenvalue weighted by molar-refractivity contribution is 5.38. The standard InChI is InChI=1S/C18H25N3O/c1-13(2)21-12-19-10-14(21)11-20-16-9-18(3,4)22-17-8-6-5-7-15(16)17/h5-8,10,12-13,16,20H,9,11H2,1-4H3. The normalized spacial score (nSPS) is 19.8. The second kappa shape index (κ2) is 5.76. The van der Waals surface area contributed by atoms with Crippen molar-refractivity contribution in [2.24, 2.45) is 0 Å². The molecule has 4 heteroatoms. The van der Waals surface area contributed by atoms with Gasteiger partial charge in [0.1, 0.15) is 11.4 Å². The van der Waals surface area contributed by atoms with E-state index in [1.54, 1.807) is 0 Å².